The molecule has 4 nitrogen and oxygen atoms in total. The molecule has 2 heterocycles. The molecule has 0 amide bonds. The van der Waals surface area contributed by atoms with Crippen molar-refractivity contribution in [1.29, 1.82) is 0 Å². The summed E-state index contributed by atoms with van der Waals surface area (Å²) in [5.74, 6) is 0.426. The molecule has 0 bridgehead atoms. The van der Waals surface area contributed by atoms with Crippen LogP contribution in [-0.4, -0.2) is 48.8 Å². The van der Waals surface area contributed by atoms with Crippen molar-refractivity contribution in [3.63, 3.8) is 0 Å². The molecule has 1 fully saturated rings. The van der Waals surface area contributed by atoms with Crippen molar-refractivity contribution >= 4 is 5.82 Å². The molecule has 0 aliphatic carbocycles. The van der Waals surface area contributed by atoms with Crippen LogP contribution in [0.3, 0.4) is 0 Å². The van der Waals surface area contributed by atoms with E-state index in [4.69, 9.17) is 4.74 Å². The first-order valence-electron chi connectivity index (χ1n) is 6.60. The van der Waals surface area contributed by atoms with Gasteiger partial charge in [-0.3, -0.25) is 4.90 Å². The Morgan fingerprint density at radius 2 is 2.25 bits per heavy atom. The van der Waals surface area contributed by atoms with Gasteiger partial charge in [-0.05, 0) is 18.7 Å². The van der Waals surface area contributed by atoms with Gasteiger partial charge < -0.3 is 10.1 Å². The maximum atomic E-state index is 12.4. The van der Waals surface area contributed by atoms with E-state index >= 15 is 0 Å². The molecule has 7 heteroatoms. The molecule has 1 unspecified atom stereocenters. The number of hydrogen-bond acceptors (Lipinski definition) is 4. The van der Waals surface area contributed by atoms with Gasteiger partial charge in [-0.1, -0.05) is 6.92 Å². The van der Waals surface area contributed by atoms with E-state index in [0.29, 0.717) is 19.0 Å². The standard InChI is InChI=1S/C13H18F3N3O/c1-2-19-5-6-20-11(9-19)8-18-12-4-3-10(7-17-12)13(14,15)16/h3-4,7,11H,2,5-6,8-9H2,1H3,(H,17,18). The highest BCUT2D eigenvalue weighted by molar-refractivity contribution is 5.36. The third-order valence-electron chi connectivity index (χ3n) is 3.27. The van der Waals surface area contributed by atoms with Crippen LogP contribution in [0.2, 0.25) is 0 Å². The average molecular weight is 289 g/mol. The second-order valence-electron chi connectivity index (χ2n) is 4.70. The second kappa shape index (κ2) is 6.41. The van der Waals surface area contributed by atoms with E-state index in [1.54, 1.807) is 0 Å². The van der Waals surface area contributed by atoms with E-state index in [9.17, 15) is 13.2 Å². The van der Waals surface area contributed by atoms with Crippen molar-refractivity contribution in [3.05, 3.63) is 23.9 Å². The Balaban J connectivity index is 1.85. The Kier molecular flexibility index (Phi) is 4.82. The molecule has 20 heavy (non-hydrogen) atoms. The fraction of sp³-hybridized carbons (Fsp3) is 0.615. The second-order valence-corrected chi connectivity index (χ2v) is 4.70. The Morgan fingerprint density at radius 1 is 1.45 bits per heavy atom. The normalized spacial score (nSPS) is 20.9. The Morgan fingerprint density at radius 3 is 2.85 bits per heavy atom. The summed E-state index contributed by atoms with van der Waals surface area (Å²) in [5, 5.41) is 3.01. The number of nitrogens with one attached hydrogen (secondary N) is 1. The van der Waals surface area contributed by atoms with Crippen LogP contribution in [0.25, 0.3) is 0 Å². The minimum absolute atomic E-state index is 0.0350. The first kappa shape index (κ1) is 15.1. The van der Waals surface area contributed by atoms with Crippen LogP contribution in [0, 0.1) is 0 Å². The third-order valence-corrected chi connectivity index (χ3v) is 3.27. The lowest BCUT2D eigenvalue weighted by atomic mass is 10.2. The molecular weight excluding hydrogens is 271 g/mol. The van der Waals surface area contributed by atoms with Crippen molar-refractivity contribution in [2.24, 2.45) is 0 Å². The van der Waals surface area contributed by atoms with E-state index < -0.39 is 11.7 Å². The number of ether oxygens (including phenoxy) is 1. The Labute approximate surface area is 115 Å². The molecule has 1 aliphatic rings. The summed E-state index contributed by atoms with van der Waals surface area (Å²) in [5.41, 5.74) is -0.742. The van der Waals surface area contributed by atoms with E-state index in [-0.39, 0.29) is 6.10 Å². The molecule has 2 rings (SSSR count). The molecule has 1 saturated heterocycles. The van der Waals surface area contributed by atoms with Crippen LogP contribution in [-0.2, 0) is 10.9 Å². The lowest BCUT2D eigenvalue weighted by Gasteiger charge is -2.32. The zero-order chi connectivity index (χ0) is 14.6. The summed E-state index contributed by atoms with van der Waals surface area (Å²) in [4.78, 5) is 6.04. The number of aromatic nitrogens is 1. The number of halogens is 3. The van der Waals surface area contributed by atoms with Gasteiger partial charge in [0, 0.05) is 25.8 Å². The molecule has 112 valence electrons. The predicted molar refractivity (Wildman–Crippen MR) is 69.6 cm³/mol. The predicted octanol–water partition coefficient (Wildman–Crippen LogP) is 2.23. The molecule has 1 aromatic heterocycles. The smallest absolute Gasteiger partial charge is 0.374 e. The third kappa shape index (κ3) is 4.08. The molecular formula is C13H18F3N3O. The Bertz CT molecular complexity index is 422. The van der Waals surface area contributed by atoms with E-state index in [0.717, 1.165) is 31.9 Å². The fourth-order valence-electron chi connectivity index (χ4n) is 2.08. The minimum atomic E-state index is -4.35. The van der Waals surface area contributed by atoms with Crippen LogP contribution in [0.5, 0.6) is 0 Å². The number of anilines is 1. The molecule has 0 aromatic carbocycles. The molecule has 0 radical (unpaired) electrons. The lowest BCUT2D eigenvalue weighted by molar-refractivity contribution is -0.137. The largest absolute Gasteiger partial charge is 0.417 e. The van der Waals surface area contributed by atoms with Crippen LogP contribution in [0.4, 0.5) is 19.0 Å². The van der Waals surface area contributed by atoms with Crippen LogP contribution in [0.15, 0.2) is 18.3 Å². The number of rotatable bonds is 4. The van der Waals surface area contributed by atoms with E-state index in [1.807, 2.05) is 0 Å². The van der Waals surface area contributed by atoms with Gasteiger partial charge in [0.25, 0.3) is 0 Å². The summed E-state index contributed by atoms with van der Waals surface area (Å²) in [7, 11) is 0. The quantitative estimate of drug-likeness (QED) is 0.922. The van der Waals surface area contributed by atoms with Gasteiger partial charge in [-0.15, -0.1) is 0 Å². The van der Waals surface area contributed by atoms with Crippen LogP contribution >= 0.6 is 0 Å². The molecule has 0 spiro atoms. The van der Waals surface area contributed by atoms with E-state index in [1.165, 1.54) is 6.07 Å². The van der Waals surface area contributed by atoms with Gasteiger partial charge in [0.1, 0.15) is 5.82 Å². The fourth-order valence-corrected chi connectivity index (χ4v) is 2.08. The zero-order valence-corrected chi connectivity index (χ0v) is 11.3. The van der Waals surface area contributed by atoms with Crippen molar-refractivity contribution in [2.45, 2.75) is 19.2 Å². The summed E-state index contributed by atoms with van der Waals surface area (Å²) < 4.78 is 42.8. The van der Waals surface area contributed by atoms with Gasteiger partial charge >= 0.3 is 6.18 Å². The monoisotopic (exact) mass is 289 g/mol. The number of morpholine rings is 1. The summed E-state index contributed by atoms with van der Waals surface area (Å²) >= 11 is 0. The highest BCUT2D eigenvalue weighted by atomic mass is 19.4. The average Bonchev–Trinajstić information content (AvgIpc) is 2.45. The number of alkyl halides is 3. The highest BCUT2D eigenvalue weighted by Crippen LogP contribution is 2.28. The minimum Gasteiger partial charge on any atom is -0.374 e. The van der Waals surface area contributed by atoms with Gasteiger partial charge in [-0.25, -0.2) is 4.98 Å². The summed E-state index contributed by atoms with van der Waals surface area (Å²) in [6, 6.07) is 2.36. The van der Waals surface area contributed by atoms with Crippen molar-refractivity contribution in [2.75, 3.05) is 38.1 Å². The number of likely N-dealkylation sites (N-methyl/N-ethyl adjacent to an activating group) is 1. The highest BCUT2D eigenvalue weighted by Gasteiger charge is 2.30. The molecule has 1 aliphatic heterocycles. The van der Waals surface area contributed by atoms with Crippen molar-refractivity contribution in [1.82, 2.24) is 9.88 Å². The maximum absolute atomic E-state index is 12.4. The molecule has 1 aromatic rings. The number of nitrogens with zero attached hydrogens (tertiary/aromatic N) is 2. The number of hydrogen-bond donors (Lipinski definition) is 1. The van der Waals surface area contributed by atoms with Crippen molar-refractivity contribution in [3.8, 4) is 0 Å². The number of pyridine rings is 1. The van der Waals surface area contributed by atoms with Crippen LogP contribution < -0.4 is 5.32 Å². The topological polar surface area (TPSA) is 37.4 Å². The van der Waals surface area contributed by atoms with Crippen molar-refractivity contribution < 1.29 is 17.9 Å². The Hall–Kier alpha value is -1.34. The van der Waals surface area contributed by atoms with Gasteiger partial charge in [-0.2, -0.15) is 13.2 Å². The lowest BCUT2D eigenvalue weighted by Crippen LogP contribution is -2.45. The van der Waals surface area contributed by atoms with E-state index in [2.05, 4.69) is 22.1 Å². The SMILES string of the molecule is CCN1CCOC(CNc2ccc(C(F)(F)F)cn2)C1. The molecule has 0 saturated carbocycles. The first-order chi connectivity index (χ1) is 9.49. The van der Waals surface area contributed by atoms with Gasteiger partial charge in [0.15, 0.2) is 0 Å². The molecule has 1 N–H and O–H groups in total. The summed E-state index contributed by atoms with van der Waals surface area (Å²) in [6.45, 7) is 6.02. The zero-order valence-electron chi connectivity index (χ0n) is 11.3. The maximum Gasteiger partial charge on any atom is 0.417 e. The van der Waals surface area contributed by atoms with Gasteiger partial charge in [0.05, 0.1) is 18.3 Å². The molecule has 1 atom stereocenters. The van der Waals surface area contributed by atoms with Crippen LogP contribution in [0.1, 0.15) is 12.5 Å². The first-order valence-corrected chi connectivity index (χ1v) is 6.60. The summed E-state index contributed by atoms with van der Waals surface area (Å²) in [6.07, 6.45) is -3.48. The van der Waals surface area contributed by atoms with Gasteiger partial charge in [0.2, 0.25) is 0 Å².